The van der Waals surface area contributed by atoms with Crippen molar-refractivity contribution in [3.63, 3.8) is 0 Å². The Morgan fingerprint density at radius 1 is 1.17 bits per heavy atom. The van der Waals surface area contributed by atoms with Gasteiger partial charge in [0.25, 0.3) is 0 Å². The highest BCUT2D eigenvalue weighted by molar-refractivity contribution is 6.35. The lowest BCUT2D eigenvalue weighted by atomic mass is 10.1. The molecule has 1 atom stereocenters. The van der Waals surface area contributed by atoms with Gasteiger partial charge in [0, 0.05) is 12.1 Å². The molecular weight excluding hydrogens is 296 g/mol. The fraction of sp³-hybridized carbons (Fsp3) is 0.529. The fourth-order valence-corrected chi connectivity index (χ4v) is 1.91. The monoisotopic (exact) mass is 322 g/mol. The molecule has 6 nitrogen and oxygen atoms in total. The van der Waals surface area contributed by atoms with Gasteiger partial charge in [-0.15, -0.1) is 0 Å². The number of aliphatic hydroxyl groups is 1. The summed E-state index contributed by atoms with van der Waals surface area (Å²) < 4.78 is 5.55. The average molecular weight is 322 g/mol. The highest BCUT2D eigenvalue weighted by Crippen LogP contribution is 2.17. The molecule has 0 saturated heterocycles. The Morgan fingerprint density at radius 2 is 1.78 bits per heavy atom. The predicted octanol–water partition coefficient (Wildman–Crippen LogP) is 1.08. The zero-order chi connectivity index (χ0) is 17.5. The second-order valence-electron chi connectivity index (χ2n) is 6.41. The largest absolute Gasteiger partial charge is 0.394 e. The molecule has 23 heavy (non-hydrogen) atoms. The molecule has 1 aromatic carbocycles. The molecule has 2 amide bonds. The van der Waals surface area contributed by atoms with E-state index in [-0.39, 0.29) is 19.8 Å². The van der Waals surface area contributed by atoms with E-state index in [1.165, 1.54) is 0 Å². The summed E-state index contributed by atoms with van der Waals surface area (Å²) in [6, 6.07) is 7.69. The molecule has 0 spiro atoms. The summed E-state index contributed by atoms with van der Waals surface area (Å²) in [6.45, 7) is 7.59. The third-order valence-electron chi connectivity index (χ3n) is 3.00. The van der Waals surface area contributed by atoms with Gasteiger partial charge in [0.1, 0.15) is 0 Å². The first kappa shape index (κ1) is 19.1. The van der Waals surface area contributed by atoms with Crippen molar-refractivity contribution in [3.05, 3.63) is 35.4 Å². The molecule has 0 radical (unpaired) electrons. The zero-order valence-electron chi connectivity index (χ0n) is 14.2. The van der Waals surface area contributed by atoms with E-state index in [1.54, 1.807) is 20.8 Å². The van der Waals surface area contributed by atoms with Crippen LogP contribution in [0.2, 0.25) is 0 Å². The van der Waals surface area contributed by atoms with Crippen LogP contribution >= 0.6 is 0 Å². The quantitative estimate of drug-likeness (QED) is 0.684. The van der Waals surface area contributed by atoms with Gasteiger partial charge in [-0.2, -0.15) is 0 Å². The Balaban J connectivity index is 2.65. The first-order valence-electron chi connectivity index (χ1n) is 7.62. The van der Waals surface area contributed by atoms with Crippen molar-refractivity contribution in [2.75, 3.05) is 19.8 Å². The second-order valence-corrected chi connectivity index (χ2v) is 6.41. The van der Waals surface area contributed by atoms with Crippen LogP contribution < -0.4 is 10.6 Å². The van der Waals surface area contributed by atoms with Crippen LogP contribution in [0.4, 0.5) is 0 Å². The van der Waals surface area contributed by atoms with Crippen LogP contribution in [0.3, 0.4) is 0 Å². The van der Waals surface area contributed by atoms with Gasteiger partial charge in [-0.05, 0) is 33.3 Å². The molecule has 6 heteroatoms. The summed E-state index contributed by atoms with van der Waals surface area (Å²) in [4.78, 5) is 23.6. The highest BCUT2D eigenvalue weighted by Gasteiger charge is 2.21. The van der Waals surface area contributed by atoms with Gasteiger partial charge < -0.3 is 20.5 Å². The molecule has 0 bridgehead atoms. The van der Waals surface area contributed by atoms with Crippen LogP contribution in [0.5, 0.6) is 0 Å². The van der Waals surface area contributed by atoms with E-state index in [0.29, 0.717) is 0 Å². The van der Waals surface area contributed by atoms with Crippen LogP contribution in [0.1, 0.15) is 38.0 Å². The summed E-state index contributed by atoms with van der Waals surface area (Å²) in [5.74, 6) is -1.38. The number of rotatable bonds is 6. The molecule has 0 aliphatic rings. The minimum absolute atomic E-state index is 0.110. The number of hydrogen-bond donors (Lipinski definition) is 3. The van der Waals surface area contributed by atoms with Gasteiger partial charge >= 0.3 is 11.8 Å². The van der Waals surface area contributed by atoms with Crippen LogP contribution in [0.15, 0.2) is 24.3 Å². The molecule has 0 heterocycles. The lowest BCUT2D eigenvalue weighted by molar-refractivity contribution is -0.140. The van der Waals surface area contributed by atoms with E-state index >= 15 is 0 Å². The fourth-order valence-electron chi connectivity index (χ4n) is 1.91. The molecule has 1 unspecified atom stereocenters. The number of ether oxygens (including phenoxy) is 1. The Morgan fingerprint density at radius 3 is 2.30 bits per heavy atom. The summed E-state index contributed by atoms with van der Waals surface area (Å²) in [5, 5.41) is 14.1. The van der Waals surface area contributed by atoms with Crippen molar-refractivity contribution in [2.45, 2.75) is 39.3 Å². The van der Waals surface area contributed by atoms with Gasteiger partial charge in [-0.3, -0.25) is 9.59 Å². The Hall–Kier alpha value is -1.92. The number of aliphatic hydroxyl groups excluding tert-OH is 1. The molecule has 128 valence electrons. The maximum absolute atomic E-state index is 11.9. The van der Waals surface area contributed by atoms with Gasteiger partial charge in [-0.25, -0.2) is 0 Å². The minimum atomic E-state index is -0.704. The van der Waals surface area contributed by atoms with Crippen LogP contribution in [0.25, 0.3) is 0 Å². The lowest BCUT2D eigenvalue weighted by Crippen LogP contribution is -2.48. The number of carbonyl (C=O) groups is 2. The number of aryl methyl sites for hydroxylation is 1. The third kappa shape index (κ3) is 7.25. The smallest absolute Gasteiger partial charge is 0.309 e. The first-order valence-corrected chi connectivity index (χ1v) is 7.62. The number of carbonyl (C=O) groups excluding carboxylic acids is 2. The van der Waals surface area contributed by atoms with Crippen molar-refractivity contribution in [3.8, 4) is 0 Å². The molecular formula is C17H26N2O4. The molecule has 1 rings (SSSR count). The van der Waals surface area contributed by atoms with Gasteiger partial charge in [-0.1, -0.05) is 29.8 Å². The molecule has 1 aromatic rings. The van der Waals surface area contributed by atoms with Gasteiger partial charge in [0.05, 0.1) is 19.3 Å². The van der Waals surface area contributed by atoms with E-state index in [4.69, 9.17) is 9.84 Å². The summed E-state index contributed by atoms with van der Waals surface area (Å²) in [7, 11) is 0. The molecule has 0 aliphatic heterocycles. The number of hydrogen-bond acceptors (Lipinski definition) is 4. The van der Waals surface area contributed by atoms with Crippen LogP contribution in [0, 0.1) is 6.92 Å². The Bertz CT molecular complexity index is 520. The van der Waals surface area contributed by atoms with Crippen molar-refractivity contribution >= 4 is 11.8 Å². The topological polar surface area (TPSA) is 87.7 Å². The van der Waals surface area contributed by atoms with Gasteiger partial charge in [0.2, 0.25) is 0 Å². The maximum atomic E-state index is 11.9. The zero-order valence-corrected chi connectivity index (χ0v) is 14.2. The van der Waals surface area contributed by atoms with E-state index in [9.17, 15) is 9.59 Å². The lowest BCUT2D eigenvalue weighted by Gasteiger charge is -2.21. The average Bonchev–Trinajstić information content (AvgIpc) is 2.46. The standard InChI is InChI=1S/C17H26N2O4/c1-12-5-7-13(8-6-12)14(23-10-9-20)11-18-15(21)16(22)19-17(2,3)4/h5-8,14,20H,9-11H2,1-4H3,(H,18,21)(H,19,22). The maximum Gasteiger partial charge on any atom is 0.309 e. The second kappa shape index (κ2) is 8.64. The number of amides is 2. The van der Waals surface area contributed by atoms with Crippen molar-refractivity contribution in [2.24, 2.45) is 0 Å². The molecule has 0 aliphatic carbocycles. The van der Waals surface area contributed by atoms with Gasteiger partial charge in [0.15, 0.2) is 0 Å². The SMILES string of the molecule is Cc1ccc(C(CNC(=O)C(=O)NC(C)(C)C)OCCO)cc1. The summed E-state index contributed by atoms with van der Waals surface area (Å²) in [6.07, 6.45) is -0.422. The summed E-state index contributed by atoms with van der Waals surface area (Å²) >= 11 is 0. The van der Waals surface area contributed by atoms with Crippen molar-refractivity contribution < 1.29 is 19.4 Å². The Labute approximate surface area is 137 Å². The van der Waals surface area contributed by atoms with E-state index in [2.05, 4.69) is 10.6 Å². The molecule has 0 saturated carbocycles. The molecule has 0 fully saturated rings. The third-order valence-corrected chi connectivity index (χ3v) is 3.00. The first-order chi connectivity index (χ1) is 10.7. The highest BCUT2D eigenvalue weighted by atomic mass is 16.5. The van der Waals surface area contributed by atoms with Crippen molar-refractivity contribution in [1.82, 2.24) is 10.6 Å². The minimum Gasteiger partial charge on any atom is -0.394 e. The van der Waals surface area contributed by atoms with E-state index < -0.39 is 23.5 Å². The Kier molecular flexibility index (Phi) is 7.19. The summed E-state index contributed by atoms with van der Waals surface area (Å²) in [5.41, 5.74) is 1.52. The van der Waals surface area contributed by atoms with Crippen LogP contribution in [-0.2, 0) is 14.3 Å². The molecule has 0 aromatic heterocycles. The number of benzene rings is 1. The van der Waals surface area contributed by atoms with E-state index in [1.807, 2.05) is 31.2 Å². The van der Waals surface area contributed by atoms with Crippen molar-refractivity contribution in [1.29, 1.82) is 0 Å². The predicted molar refractivity (Wildman–Crippen MR) is 87.9 cm³/mol. The normalized spacial score (nSPS) is 12.6. The van der Waals surface area contributed by atoms with E-state index in [0.717, 1.165) is 11.1 Å². The number of nitrogens with one attached hydrogen (secondary N) is 2. The molecule has 3 N–H and O–H groups in total. The van der Waals surface area contributed by atoms with Crippen LogP contribution in [-0.4, -0.2) is 42.2 Å².